The summed E-state index contributed by atoms with van der Waals surface area (Å²) in [5, 5.41) is 6.63. The Morgan fingerprint density at radius 1 is 0.897 bits per heavy atom. The first-order chi connectivity index (χ1) is 14.1. The van der Waals surface area contributed by atoms with E-state index >= 15 is 0 Å². The molecule has 1 heterocycles. The third-order valence-corrected chi connectivity index (χ3v) is 4.52. The molecule has 0 aliphatic heterocycles. The van der Waals surface area contributed by atoms with Crippen LogP contribution in [0.4, 0.5) is 16.2 Å². The van der Waals surface area contributed by atoms with Gasteiger partial charge in [-0.3, -0.25) is 0 Å². The van der Waals surface area contributed by atoms with Gasteiger partial charge >= 0.3 is 0 Å². The Morgan fingerprint density at radius 2 is 1.66 bits per heavy atom. The van der Waals surface area contributed by atoms with Crippen LogP contribution in [-0.2, 0) is 6.42 Å². The summed E-state index contributed by atoms with van der Waals surface area (Å²) >= 11 is 0. The highest BCUT2D eigenvalue weighted by Crippen LogP contribution is 2.21. The minimum Gasteiger partial charge on any atom is -0.370 e. The maximum absolute atomic E-state index is 13.8. The molecule has 5 nitrogen and oxygen atoms in total. The van der Waals surface area contributed by atoms with Gasteiger partial charge in [-0.25, -0.2) is 9.37 Å². The summed E-state index contributed by atoms with van der Waals surface area (Å²) in [7, 11) is 4.12. The van der Waals surface area contributed by atoms with Gasteiger partial charge in [-0.15, -0.1) is 0 Å². The number of nitrogens with zero attached hydrogens (tertiary/aromatic N) is 3. The molecule has 29 heavy (non-hydrogen) atoms. The first-order valence-corrected chi connectivity index (χ1v) is 9.92. The van der Waals surface area contributed by atoms with Crippen molar-refractivity contribution in [2.45, 2.75) is 12.8 Å². The Morgan fingerprint density at radius 3 is 2.41 bits per heavy atom. The van der Waals surface area contributed by atoms with Gasteiger partial charge in [0.05, 0.1) is 5.69 Å². The number of nitrogens with one attached hydrogen (secondary N) is 2. The Labute approximate surface area is 172 Å². The summed E-state index contributed by atoms with van der Waals surface area (Å²) < 4.78 is 13.8. The number of halogens is 1. The van der Waals surface area contributed by atoms with Gasteiger partial charge in [-0.1, -0.05) is 48.5 Å². The van der Waals surface area contributed by atoms with Gasteiger partial charge in [-0.2, -0.15) is 4.98 Å². The van der Waals surface area contributed by atoms with Crippen LogP contribution in [0.1, 0.15) is 12.0 Å². The summed E-state index contributed by atoms with van der Waals surface area (Å²) in [6, 6.07) is 18.8. The number of anilines is 2. The molecule has 0 saturated heterocycles. The van der Waals surface area contributed by atoms with E-state index in [0.717, 1.165) is 36.6 Å². The Balaban J connectivity index is 1.70. The van der Waals surface area contributed by atoms with Crippen LogP contribution in [0.5, 0.6) is 0 Å². The highest BCUT2D eigenvalue weighted by molar-refractivity contribution is 5.64. The van der Waals surface area contributed by atoms with E-state index in [1.165, 1.54) is 6.07 Å². The molecule has 6 heteroatoms. The summed E-state index contributed by atoms with van der Waals surface area (Å²) in [5.41, 5.74) is 2.58. The molecule has 0 atom stereocenters. The predicted octanol–water partition coefficient (Wildman–Crippen LogP) is 4.30. The van der Waals surface area contributed by atoms with Crippen LogP contribution in [0.25, 0.3) is 11.3 Å². The van der Waals surface area contributed by atoms with Gasteiger partial charge < -0.3 is 15.5 Å². The van der Waals surface area contributed by atoms with Crippen molar-refractivity contribution >= 4 is 11.8 Å². The van der Waals surface area contributed by atoms with Crippen molar-refractivity contribution in [1.82, 2.24) is 14.9 Å². The van der Waals surface area contributed by atoms with Crippen molar-refractivity contribution in [1.29, 1.82) is 0 Å². The molecule has 2 N–H and O–H groups in total. The number of rotatable bonds is 10. The predicted molar refractivity (Wildman–Crippen MR) is 118 cm³/mol. The Hall–Kier alpha value is -2.99. The molecule has 2 aromatic carbocycles. The molecule has 3 rings (SSSR count). The van der Waals surface area contributed by atoms with E-state index in [9.17, 15) is 4.39 Å². The average molecular weight is 394 g/mol. The number of hydrogen-bond donors (Lipinski definition) is 2. The Kier molecular flexibility index (Phi) is 7.53. The largest absolute Gasteiger partial charge is 0.370 e. The molecule has 0 bridgehead atoms. The van der Waals surface area contributed by atoms with Crippen LogP contribution < -0.4 is 10.6 Å². The Bertz CT molecular complexity index is 899. The quantitative estimate of drug-likeness (QED) is 0.503. The first kappa shape index (κ1) is 20.7. The van der Waals surface area contributed by atoms with Crippen molar-refractivity contribution in [3.63, 3.8) is 0 Å². The zero-order chi connectivity index (χ0) is 20.5. The minimum absolute atomic E-state index is 0.176. The first-order valence-electron chi connectivity index (χ1n) is 9.92. The normalized spacial score (nSPS) is 10.9. The lowest BCUT2D eigenvalue weighted by molar-refractivity contribution is 0.405. The van der Waals surface area contributed by atoms with Crippen LogP contribution in [-0.4, -0.2) is 48.6 Å². The fourth-order valence-electron chi connectivity index (χ4n) is 3.00. The molecule has 0 radical (unpaired) electrons. The fraction of sp³-hybridized carbons (Fsp3) is 0.304. The molecule has 0 spiro atoms. The van der Waals surface area contributed by atoms with E-state index in [1.807, 2.05) is 48.5 Å². The van der Waals surface area contributed by atoms with Crippen molar-refractivity contribution < 1.29 is 4.39 Å². The molecule has 0 aliphatic rings. The molecular formula is C23H28FN5. The monoisotopic (exact) mass is 393 g/mol. The van der Waals surface area contributed by atoms with Crippen LogP contribution in [0.3, 0.4) is 0 Å². The third kappa shape index (κ3) is 6.54. The lowest BCUT2D eigenvalue weighted by Gasteiger charge is -2.13. The summed E-state index contributed by atoms with van der Waals surface area (Å²) in [4.78, 5) is 11.4. The van der Waals surface area contributed by atoms with Gasteiger partial charge in [0.25, 0.3) is 0 Å². The van der Waals surface area contributed by atoms with E-state index in [2.05, 4.69) is 39.6 Å². The topological polar surface area (TPSA) is 53.1 Å². The number of benzene rings is 2. The van der Waals surface area contributed by atoms with Crippen LogP contribution in [0.15, 0.2) is 60.7 Å². The van der Waals surface area contributed by atoms with Crippen LogP contribution >= 0.6 is 0 Å². The van der Waals surface area contributed by atoms with E-state index in [1.54, 1.807) is 6.07 Å². The molecule has 0 unspecified atom stereocenters. The van der Waals surface area contributed by atoms with Gasteiger partial charge in [0.1, 0.15) is 11.6 Å². The molecular weight excluding hydrogens is 365 g/mol. The molecule has 0 fully saturated rings. The molecule has 1 aromatic heterocycles. The second kappa shape index (κ2) is 10.5. The van der Waals surface area contributed by atoms with E-state index in [4.69, 9.17) is 0 Å². The third-order valence-electron chi connectivity index (χ3n) is 4.52. The van der Waals surface area contributed by atoms with Crippen molar-refractivity contribution in [3.8, 4) is 11.3 Å². The second-order valence-corrected chi connectivity index (χ2v) is 7.18. The summed E-state index contributed by atoms with van der Waals surface area (Å²) in [5.74, 6) is 1.15. The van der Waals surface area contributed by atoms with E-state index in [0.29, 0.717) is 24.5 Å². The molecule has 0 aliphatic carbocycles. The summed E-state index contributed by atoms with van der Waals surface area (Å²) in [6.07, 6.45) is 1.59. The highest BCUT2D eigenvalue weighted by atomic mass is 19.1. The number of aromatic nitrogens is 2. The van der Waals surface area contributed by atoms with Crippen molar-refractivity contribution in [2.75, 3.05) is 44.4 Å². The van der Waals surface area contributed by atoms with Gasteiger partial charge in [0.15, 0.2) is 0 Å². The van der Waals surface area contributed by atoms with E-state index < -0.39 is 0 Å². The molecule has 152 valence electrons. The van der Waals surface area contributed by atoms with Crippen molar-refractivity contribution in [2.24, 2.45) is 0 Å². The highest BCUT2D eigenvalue weighted by Gasteiger charge is 2.07. The lowest BCUT2D eigenvalue weighted by atomic mass is 10.1. The van der Waals surface area contributed by atoms with Gasteiger partial charge in [0.2, 0.25) is 5.95 Å². The SMILES string of the molecule is CN(C)CCCNc1nc(NCCc2ccccc2F)cc(-c2ccccc2)n1. The van der Waals surface area contributed by atoms with E-state index in [-0.39, 0.29) is 5.82 Å². The standard InChI is InChI=1S/C23H28FN5/c1-29(2)16-8-14-26-23-27-21(19-10-4-3-5-11-19)17-22(28-23)25-15-13-18-9-6-7-12-20(18)24/h3-7,9-12,17H,8,13-16H2,1-2H3,(H2,25,26,27,28). The van der Waals surface area contributed by atoms with Gasteiger partial charge in [0, 0.05) is 24.7 Å². The zero-order valence-electron chi connectivity index (χ0n) is 17.0. The van der Waals surface area contributed by atoms with Crippen molar-refractivity contribution in [3.05, 3.63) is 72.0 Å². The smallest absolute Gasteiger partial charge is 0.225 e. The summed E-state index contributed by atoms with van der Waals surface area (Å²) in [6.45, 7) is 2.39. The fourth-order valence-corrected chi connectivity index (χ4v) is 3.00. The maximum Gasteiger partial charge on any atom is 0.225 e. The van der Waals surface area contributed by atoms with Crippen LogP contribution in [0.2, 0.25) is 0 Å². The maximum atomic E-state index is 13.8. The zero-order valence-corrected chi connectivity index (χ0v) is 17.0. The lowest BCUT2D eigenvalue weighted by Crippen LogP contribution is -2.17. The molecule has 0 saturated carbocycles. The number of hydrogen-bond acceptors (Lipinski definition) is 5. The van der Waals surface area contributed by atoms with Crippen LogP contribution in [0, 0.1) is 5.82 Å². The average Bonchev–Trinajstić information content (AvgIpc) is 2.73. The minimum atomic E-state index is -0.176. The van der Waals surface area contributed by atoms with Gasteiger partial charge in [-0.05, 0) is 45.1 Å². The second-order valence-electron chi connectivity index (χ2n) is 7.18. The molecule has 0 amide bonds. The molecule has 3 aromatic rings.